The maximum atomic E-state index is 12.9. The predicted molar refractivity (Wildman–Crippen MR) is 131 cm³/mol. The van der Waals surface area contributed by atoms with E-state index in [0.717, 1.165) is 23.4 Å². The Labute approximate surface area is 193 Å². The summed E-state index contributed by atoms with van der Waals surface area (Å²) in [6.07, 6.45) is 3.44. The van der Waals surface area contributed by atoms with E-state index in [1.807, 2.05) is 48.5 Å². The Hall–Kier alpha value is -2.90. The lowest BCUT2D eigenvalue weighted by Crippen LogP contribution is -2.34. The summed E-state index contributed by atoms with van der Waals surface area (Å²) in [5.41, 5.74) is 8.68. The average molecular weight is 451 g/mol. The second kappa shape index (κ2) is 10.1. The molecule has 6 nitrogen and oxygen atoms in total. The average Bonchev–Trinajstić information content (AvgIpc) is 3.48. The maximum Gasteiger partial charge on any atom is 0.206 e. The zero-order valence-electron chi connectivity index (χ0n) is 18.6. The lowest BCUT2D eigenvalue weighted by molar-refractivity contribution is 0.104. The largest absolute Gasteiger partial charge is 0.492 e. The van der Waals surface area contributed by atoms with Gasteiger partial charge in [0.05, 0.1) is 0 Å². The van der Waals surface area contributed by atoms with Crippen LogP contribution in [0.2, 0.25) is 0 Å². The standard InChI is InChI=1S/C25H30N4O2S/c1-3-18-7-6-8-19(15-18)22(30)23-24(26)28-25(32-23)27-20-9-11-21(12-10-20)31-16-17(2)29-13-4-5-14-29/h6-12,15,17H,3-5,13-14,16,26H2,1-2H3,(H,27,28)/t17-/m1/s1. The first kappa shape index (κ1) is 22.3. The van der Waals surface area contributed by atoms with E-state index in [2.05, 4.69) is 29.0 Å². The number of aryl methyl sites for hydroxylation is 1. The fourth-order valence-corrected chi connectivity index (χ4v) is 4.74. The molecular weight excluding hydrogens is 420 g/mol. The van der Waals surface area contributed by atoms with Crippen LogP contribution in [0.1, 0.15) is 47.5 Å². The van der Waals surface area contributed by atoms with Gasteiger partial charge in [-0.05, 0) is 75.2 Å². The lowest BCUT2D eigenvalue weighted by Gasteiger charge is -2.23. The Morgan fingerprint density at radius 2 is 1.97 bits per heavy atom. The summed E-state index contributed by atoms with van der Waals surface area (Å²) in [6, 6.07) is 15.8. The molecule has 1 aromatic heterocycles. The second-order valence-corrected chi connectivity index (χ2v) is 9.17. The van der Waals surface area contributed by atoms with Crippen LogP contribution in [0, 0.1) is 0 Å². The predicted octanol–water partition coefficient (Wildman–Crippen LogP) is 5.13. The minimum absolute atomic E-state index is 0.0979. The number of benzene rings is 2. The number of anilines is 3. The summed E-state index contributed by atoms with van der Waals surface area (Å²) < 4.78 is 5.96. The highest BCUT2D eigenvalue weighted by atomic mass is 32.1. The number of carbonyl (C=O) groups excluding carboxylic acids is 1. The normalized spacial score (nSPS) is 14.9. The van der Waals surface area contributed by atoms with Crippen molar-refractivity contribution < 1.29 is 9.53 Å². The molecule has 2 aromatic carbocycles. The molecule has 7 heteroatoms. The van der Waals surface area contributed by atoms with Gasteiger partial charge in [-0.1, -0.05) is 36.5 Å². The molecule has 0 aliphatic carbocycles. The second-order valence-electron chi connectivity index (χ2n) is 8.17. The number of nitrogens with one attached hydrogen (secondary N) is 1. The number of ketones is 1. The molecule has 3 N–H and O–H groups in total. The van der Waals surface area contributed by atoms with E-state index in [1.54, 1.807) is 0 Å². The van der Waals surface area contributed by atoms with Crippen molar-refractivity contribution in [1.29, 1.82) is 0 Å². The Bertz CT molecular complexity index is 1060. The Balaban J connectivity index is 1.37. The van der Waals surface area contributed by atoms with Gasteiger partial charge in [-0.3, -0.25) is 9.69 Å². The van der Waals surface area contributed by atoms with Crippen LogP contribution in [0.5, 0.6) is 5.75 Å². The van der Waals surface area contributed by atoms with Gasteiger partial charge in [0, 0.05) is 17.3 Å². The zero-order chi connectivity index (χ0) is 22.5. The van der Waals surface area contributed by atoms with Crippen molar-refractivity contribution in [2.24, 2.45) is 0 Å². The van der Waals surface area contributed by atoms with E-state index in [1.165, 1.54) is 37.3 Å². The van der Waals surface area contributed by atoms with Crippen LogP contribution in [0.4, 0.5) is 16.6 Å². The van der Waals surface area contributed by atoms with Crippen molar-refractivity contribution in [3.8, 4) is 5.75 Å². The SMILES string of the molecule is CCc1cccc(C(=O)c2sc(Nc3ccc(OC[C@@H](C)N4CCCC4)cc3)nc2N)c1. The van der Waals surface area contributed by atoms with Crippen molar-refractivity contribution in [2.75, 3.05) is 30.7 Å². The number of nitrogens with two attached hydrogens (primary N) is 1. The minimum Gasteiger partial charge on any atom is -0.492 e. The Morgan fingerprint density at radius 3 is 2.69 bits per heavy atom. The number of ether oxygens (including phenoxy) is 1. The summed E-state index contributed by atoms with van der Waals surface area (Å²) in [6.45, 7) is 7.29. The molecule has 1 saturated heterocycles. The number of aromatic nitrogens is 1. The zero-order valence-corrected chi connectivity index (χ0v) is 19.5. The van der Waals surface area contributed by atoms with Crippen LogP contribution in [-0.4, -0.2) is 41.4 Å². The molecule has 32 heavy (non-hydrogen) atoms. The molecule has 168 valence electrons. The van der Waals surface area contributed by atoms with Crippen molar-refractivity contribution in [2.45, 2.75) is 39.2 Å². The van der Waals surface area contributed by atoms with E-state index in [4.69, 9.17) is 10.5 Å². The fraction of sp³-hybridized carbons (Fsp3) is 0.360. The highest BCUT2D eigenvalue weighted by Crippen LogP contribution is 2.30. The number of thiazole rings is 1. The van der Waals surface area contributed by atoms with E-state index in [-0.39, 0.29) is 11.6 Å². The number of carbonyl (C=O) groups is 1. The molecule has 0 radical (unpaired) electrons. The number of hydrogen-bond acceptors (Lipinski definition) is 7. The molecule has 2 heterocycles. The molecule has 0 spiro atoms. The molecule has 0 amide bonds. The van der Waals surface area contributed by atoms with Crippen molar-refractivity contribution >= 4 is 33.8 Å². The van der Waals surface area contributed by atoms with Crippen molar-refractivity contribution in [3.63, 3.8) is 0 Å². The van der Waals surface area contributed by atoms with Crippen molar-refractivity contribution in [3.05, 3.63) is 64.5 Å². The van der Waals surface area contributed by atoms with E-state index in [9.17, 15) is 4.79 Å². The summed E-state index contributed by atoms with van der Waals surface area (Å²) >= 11 is 1.27. The molecule has 0 saturated carbocycles. The van der Waals surface area contributed by atoms with E-state index in [0.29, 0.717) is 28.2 Å². The number of nitrogens with zero attached hydrogens (tertiary/aromatic N) is 2. The first-order chi connectivity index (χ1) is 15.5. The maximum absolute atomic E-state index is 12.9. The first-order valence-corrected chi connectivity index (χ1v) is 12.0. The lowest BCUT2D eigenvalue weighted by atomic mass is 10.1. The van der Waals surface area contributed by atoms with Gasteiger partial charge in [0.1, 0.15) is 23.1 Å². The van der Waals surface area contributed by atoms with Gasteiger partial charge in [-0.25, -0.2) is 4.98 Å². The number of rotatable bonds is 9. The molecule has 1 aliphatic rings. The van der Waals surface area contributed by atoms with Gasteiger partial charge < -0.3 is 15.8 Å². The first-order valence-electron chi connectivity index (χ1n) is 11.2. The summed E-state index contributed by atoms with van der Waals surface area (Å²) in [5, 5.41) is 3.83. The smallest absolute Gasteiger partial charge is 0.206 e. The van der Waals surface area contributed by atoms with Gasteiger partial charge in [-0.15, -0.1) is 0 Å². The molecule has 1 aliphatic heterocycles. The van der Waals surface area contributed by atoms with E-state index >= 15 is 0 Å². The highest BCUT2D eigenvalue weighted by Gasteiger charge is 2.19. The summed E-state index contributed by atoms with van der Waals surface area (Å²) in [4.78, 5) is 20.2. The Kier molecular flexibility index (Phi) is 7.07. The molecule has 4 rings (SSSR count). The quantitative estimate of drug-likeness (QED) is 0.440. The third-order valence-electron chi connectivity index (χ3n) is 5.82. The van der Waals surface area contributed by atoms with Gasteiger partial charge in [-0.2, -0.15) is 0 Å². The monoisotopic (exact) mass is 450 g/mol. The molecule has 1 fully saturated rings. The number of hydrogen-bond donors (Lipinski definition) is 2. The molecular formula is C25H30N4O2S. The molecule has 1 atom stereocenters. The Morgan fingerprint density at radius 1 is 1.22 bits per heavy atom. The third kappa shape index (κ3) is 5.29. The van der Waals surface area contributed by atoms with Gasteiger partial charge in [0.25, 0.3) is 0 Å². The topological polar surface area (TPSA) is 80.5 Å². The minimum atomic E-state index is -0.0979. The molecule has 3 aromatic rings. The van der Waals surface area contributed by atoms with Gasteiger partial charge >= 0.3 is 0 Å². The number of nitrogen functional groups attached to an aromatic ring is 1. The summed E-state index contributed by atoms with van der Waals surface area (Å²) in [5.74, 6) is 0.992. The van der Waals surface area contributed by atoms with Crippen LogP contribution < -0.4 is 15.8 Å². The molecule has 0 unspecified atom stereocenters. The van der Waals surface area contributed by atoms with Gasteiger partial charge in [0.15, 0.2) is 5.13 Å². The molecule has 0 bridgehead atoms. The van der Waals surface area contributed by atoms with Crippen molar-refractivity contribution in [1.82, 2.24) is 9.88 Å². The third-order valence-corrected chi connectivity index (χ3v) is 6.80. The van der Waals surface area contributed by atoms with Crippen LogP contribution in [0.25, 0.3) is 0 Å². The highest BCUT2D eigenvalue weighted by molar-refractivity contribution is 7.18. The van der Waals surface area contributed by atoms with E-state index < -0.39 is 0 Å². The van der Waals surface area contributed by atoms with Crippen LogP contribution in [0.3, 0.4) is 0 Å². The van der Waals surface area contributed by atoms with Crippen LogP contribution in [-0.2, 0) is 6.42 Å². The van der Waals surface area contributed by atoms with Crippen LogP contribution >= 0.6 is 11.3 Å². The van der Waals surface area contributed by atoms with Gasteiger partial charge in [0.2, 0.25) is 5.78 Å². The fourth-order valence-electron chi connectivity index (χ4n) is 3.87. The number of likely N-dealkylation sites (tertiary alicyclic amines) is 1. The van der Waals surface area contributed by atoms with Crippen LogP contribution in [0.15, 0.2) is 48.5 Å². The summed E-state index contributed by atoms with van der Waals surface area (Å²) in [7, 11) is 0.